The lowest BCUT2D eigenvalue weighted by atomic mass is 10.0. The van der Waals surface area contributed by atoms with Gasteiger partial charge in [0, 0.05) is 24.5 Å². The van der Waals surface area contributed by atoms with Crippen molar-refractivity contribution in [3.8, 4) is 5.75 Å². The van der Waals surface area contributed by atoms with Crippen LogP contribution in [0.4, 0.5) is 0 Å². The van der Waals surface area contributed by atoms with Crippen LogP contribution in [-0.4, -0.2) is 28.6 Å². The number of benzene rings is 2. The summed E-state index contributed by atoms with van der Waals surface area (Å²) >= 11 is 5.89. The molecule has 3 aromatic rings. The lowest BCUT2D eigenvalue weighted by molar-refractivity contribution is -0.123. The van der Waals surface area contributed by atoms with Crippen LogP contribution in [0, 0.1) is 0 Å². The molecule has 0 bridgehead atoms. The topological polar surface area (TPSA) is 56.2 Å². The number of amides is 1. The quantitative estimate of drug-likeness (QED) is 0.0905. The van der Waals surface area contributed by atoms with Crippen molar-refractivity contribution >= 4 is 28.5 Å². The maximum Gasteiger partial charge on any atom is 0.257 e. The maximum atomic E-state index is 12.1. The fraction of sp³-hybridized carbons (Fsp3) is 0.632. The van der Waals surface area contributed by atoms with Crippen LogP contribution in [0.3, 0.4) is 0 Å². The summed E-state index contributed by atoms with van der Waals surface area (Å²) in [6, 6.07) is 15.6. The number of aromatic nitrogens is 2. The molecular formula is C38H58ClN3O2. The molecule has 6 heteroatoms. The molecule has 244 valence electrons. The SMILES string of the molecule is CCCCCCCCCCCCCCCCCCn1c(CCCCCNC(=O)COc2ccc(Cl)cc2)nc2ccccc21. The van der Waals surface area contributed by atoms with Crippen LogP contribution >= 0.6 is 11.6 Å². The summed E-state index contributed by atoms with van der Waals surface area (Å²) in [5, 5.41) is 3.61. The van der Waals surface area contributed by atoms with Crippen molar-refractivity contribution < 1.29 is 9.53 Å². The van der Waals surface area contributed by atoms with E-state index in [1.165, 1.54) is 114 Å². The zero-order valence-electron chi connectivity index (χ0n) is 27.5. The van der Waals surface area contributed by atoms with Gasteiger partial charge in [-0.3, -0.25) is 4.79 Å². The molecule has 1 heterocycles. The number of rotatable bonds is 26. The first kappa shape index (κ1) is 35.9. The van der Waals surface area contributed by atoms with Crippen LogP contribution in [-0.2, 0) is 17.8 Å². The van der Waals surface area contributed by atoms with Crippen LogP contribution in [0.25, 0.3) is 11.0 Å². The number of nitrogens with zero attached hydrogens (tertiary/aromatic N) is 2. The fourth-order valence-electron chi connectivity index (χ4n) is 5.93. The first-order valence-electron chi connectivity index (χ1n) is 17.8. The van der Waals surface area contributed by atoms with Crippen molar-refractivity contribution in [2.24, 2.45) is 0 Å². The van der Waals surface area contributed by atoms with Crippen molar-refractivity contribution in [2.75, 3.05) is 13.2 Å². The molecule has 0 aliphatic rings. The summed E-state index contributed by atoms with van der Waals surface area (Å²) < 4.78 is 7.97. The number of ether oxygens (including phenoxy) is 1. The Labute approximate surface area is 272 Å². The number of unbranched alkanes of at least 4 members (excludes halogenated alkanes) is 17. The minimum atomic E-state index is -0.0967. The van der Waals surface area contributed by atoms with Gasteiger partial charge in [-0.15, -0.1) is 0 Å². The number of hydrogen-bond donors (Lipinski definition) is 1. The summed E-state index contributed by atoms with van der Waals surface area (Å²) in [5.74, 6) is 1.75. The van der Waals surface area contributed by atoms with Gasteiger partial charge in [0.05, 0.1) is 11.0 Å². The normalized spacial score (nSPS) is 11.3. The summed E-state index contributed by atoms with van der Waals surface area (Å²) in [6.45, 7) is 4.03. The zero-order chi connectivity index (χ0) is 31.1. The Bertz CT molecular complexity index is 1160. The minimum Gasteiger partial charge on any atom is -0.484 e. The smallest absolute Gasteiger partial charge is 0.257 e. The maximum absolute atomic E-state index is 12.1. The van der Waals surface area contributed by atoms with Gasteiger partial charge in [0.25, 0.3) is 5.91 Å². The zero-order valence-corrected chi connectivity index (χ0v) is 28.2. The second-order valence-electron chi connectivity index (χ2n) is 12.4. The number of hydrogen-bond acceptors (Lipinski definition) is 3. The van der Waals surface area contributed by atoms with E-state index in [1.807, 2.05) is 0 Å². The Morgan fingerprint density at radius 3 is 1.93 bits per heavy atom. The van der Waals surface area contributed by atoms with Gasteiger partial charge in [-0.1, -0.05) is 133 Å². The molecule has 0 aliphatic carbocycles. The molecule has 0 radical (unpaired) electrons. The van der Waals surface area contributed by atoms with E-state index in [4.69, 9.17) is 21.3 Å². The van der Waals surface area contributed by atoms with Gasteiger partial charge in [0.1, 0.15) is 11.6 Å². The summed E-state index contributed by atoms with van der Waals surface area (Å²) in [6.07, 6.45) is 26.3. The predicted octanol–water partition coefficient (Wildman–Crippen LogP) is 10.9. The highest BCUT2D eigenvalue weighted by molar-refractivity contribution is 6.30. The number of nitrogens with one attached hydrogen (secondary N) is 1. The number of para-hydroxylation sites is 2. The van der Waals surface area contributed by atoms with Crippen LogP contribution in [0.1, 0.15) is 135 Å². The molecule has 0 atom stereocenters. The van der Waals surface area contributed by atoms with E-state index in [9.17, 15) is 4.79 Å². The average molecular weight is 624 g/mol. The Morgan fingerprint density at radius 2 is 1.30 bits per heavy atom. The standard InChI is InChI=1S/C38H58ClN3O2/c1-2-3-4-5-6-7-8-9-10-11-12-13-14-15-16-22-31-42-36-24-20-19-23-35(36)41-37(42)25-18-17-21-30-40-38(43)32-44-34-28-26-33(39)27-29-34/h19-20,23-24,26-29H,2-18,21-22,25,30-32H2,1H3,(H,40,43). The number of halogens is 1. The second-order valence-corrected chi connectivity index (χ2v) is 12.8. The molecule has 1 amide bonds. The second kappa shape index (κ2) is 22.9. The monoisotopic (exact) mass is 623 g/mol. The van der Waals surface area contributed by atoms with E-state index >= 15 is 0 Å². The molecule has 1 aromatic heterocycles. The molecule has 0 saturated heterocycles. The molecule has 3 rings (SSSR count). The lowest BCUT2D eigenvalue weighted by Crippen LogP contribution is -2.29. The molecule has 5 nitrogen and oxygen atoms in total. The number of aryl methyl sites for hydroxylation is 2. The predicted molar refractivity (Wildman–Crippen MR) is 187 cm³/mol. The van der Waals surface area contributed by atoms with Crippen LogP contribution < -0.4 is 10.1 Å². The molecule has 0 fully saturated rings. The van der Waals surface area contributed by atoms with Crippen LogP contribution in [0.5, 0.6) is 5.75 Å². The average Bonchev–Trinajstić information content (AvgIpc) is 3.39. The Kier molecular flexibility index (Phi) is 18.7. The number of carbonyl (C=O) groups excluding carboxylic acids is 1. The van der Waals surface area contributed by atoms with Gasteiger partial charge in [0.2, 0.25) is 0 Å². The number of fused-ring (bicyclic) bond motifs is 1. The van der Waals surface area contributed by atoms with E-state index < -0.39 is 0 Å². The number of carbonyl (C=O) groups is 1. The van der Waals surface area contributed by atoms with E-state index in [2.05, 4.69) is 41.1 Å². The van der Waals surface area contributed by atoms with Crippen molar-refractivity contribution in [1.82, 2.24) is 14.9 Å². The Balaban J connectivity index is 1.22. The molecular weight excluding hydrogens is 566 g/mol. The van der Waals surface area contributed by atoms with Crippen molar-refractivity contribution in [2.45, 2.75) is 142 Å². The van der Waals surface area contributed by atoms with Gasteiger partial charge in [-0.2, -0.15) is 0 Å². The summed E-state index contributed by atoms with van der Waals surface area (Å²) in [4.78, 5) is 17.1. The van der Waals surface area contributed by atoms with E-state index in [0.717, 1.165) is 37.7 Å². The molecule has 0 spiro atoms. The fourth-order valence-corrected chi connectivity index (χ4v) is 6.05. The Hall–Kier alpha value is -2.53. The van der Waals surface area contributed by atoms with E-state index in [-0.39, 0.29) is 12.5 Å². The molecule has 0 aliphatic heterocycles. The van der Waals surface area contributed by atoms with Gasteiger partial charge in [-0.25, -0.2) is 4.98 Å². The van der Waals surface area contributed by atoms with Gasteiger partial charge < -0.3 is 14.6 Å². The Morgan fingerprint density at radius 1 is 0.727 bits per heavy atom. The van der Waals surface area contributed by atoms with E-state index in [1.54, 1.807) is 24.3 Å². The van der Waals surface area contributed by atoms with Crippen molar-refractivity contribution in [1.29, 1.82) is 0 Å². The minimum absolute atomic E-state index is 0.0189. The molecule has 44 heavy (non-hydrogen) atoms. The van der Waals surface area contributed by atoms with Crippen molar-refractivity contribution in [3.05, 3.63) is 59.4 Å². The summed E-state index contributed by atoms with van der Waals surface area (Å²) in [7, 11) is 0. The first-order chi connectivity index (χ1) is 21.7. The lowest BCUT2D eigenvalue weighted by Gasteiger charge is -2.10. The first-order valence-corrected chi connectivity index (χ1v) is 18.1. The molecule has 0 unspecified atom stereocenters. The highest BCUT2D eigenvalue weighted by Crippen LogP contribution is 2.20. The van der Waals surface area contributed by atoms with Gasteiger partial charge >= 0.3 is 0 Å². The van der Waals surface area contributed by atoms with Crippen LogP contribution in [0.2, 0.25) is 5.02 Å². The van der Waals surface area contributed by atoms with E-state index in [0.29, 0.717) is 17.3 Å². The third kappa shape index (κ3) is 15.0. The van der Waals surface area contributed by atoms with Gasteiger partial charge in [-0.05, 0) is 55.7 Å². The third-order valence-corrected chi connectivity index (χ3v) is 8.80. The largest absolute Gasteiger partial charge is 0.484 e. The highest BCUT2D eigenvalue weighted by Gasteiger charge is 2.10. The van der Waals surface area contributed by atoms with Crippen molar-refractivity contribution in [3.63, 3.8) is 0 Å². The summed E-state index contributed by atoms with van der Waals surface area (Å²) in [5.41, 5.74) is 2.36. The third-order valence-electron chi connectivity index (χ3n) is 8.55. The van der Waals surface area contributed by atoms with Crippen LogP contribution in [0.15, 0.2) is 48.5 Å². The molecule has 1 N–H and O–H groups in total. The highest BCUT2D eigenvalue weighted by atomic mass is 35.5. The number of imidazole rings is 1. The molecule has 0 saturated carbocycles. The molecule has 2 aromatic carbocycles. The van der Waals surface area contributed by atoms with Gasteiger partial charge in [0.15, 0.2) is 6.61 Å².